The number of hydrogen-bond donors (Lipinski definition) is 0. The Morgan fingerprint density at radius 1 is 1.55 bits per heavy atom. The highest BCUT2D eigenvalue weighted by atomic mass is 16.5. The second-order valence-corrected chi connectivity index (χ2v) is 3.78. The smallest absolute Gasteiger partial charge is 0.0745 e. The minimum Gasteiger partial charge on any atom is -0.374 e. The van der Waals surface area contributed by atoms with E-state index in [1.165, 1.54) is 25.7 Å². The molecule has 2 aliphatic rings. The second kappa shape index (κ2) is 2.63. The monoisotopic (exact) mass is 152 g/mol. The predicted octanol–water partition coefficient (Wildman–Crippen LogP) is 2.52. The van der Waals surface area contributed by atoms with Crippen molar-refractivity contribution in [2.24, 2.45) is 5.92 Å². The van der Waals surface area contributed by atoms with Crippen LogP contribution >= 0.6 is 0 Å². The van der Waals surface area contributed by atoms with Gasteiger partial charge in [-0.2, -0.15) is 0 Å². The van der Waals surface area contributed by atoms with Gasteiger partial charge in [-0.05, 0) is 31.6 Å². The molecule has 62 valence electrons. The van der Waals surface area contributed by atoms with E-state index in [4.69, 9.17) is 4.74 Å². The molecule has 0 spiro atoms. The number of rotatable bonds is 2. The largest absolute Gasteiger partial charge is 0.374 e. The normalized spacial score (nSPS) is 42.4. The summed E-state index contributed by atoms with van der Waals surface area (Å²) >= 11 is 0. The van der Waals surface area contributed by atoms with Crippen LogP contribution in [-0.2, 0) is 4.74 Å². The van der Waals surface area contributed by atoms with Crippen molar-refractivity contribution in [1.29, 1.82) is 0 Å². The minimum atomic E-state index is 0.238. The van der Waals surface area contributed by atoms with Crippen LogP contribution in [0.25, 0.3) is 0 Å². The van der Waals surface area contributed by atoms with E-state index >= 15 is 0 Å². The first-order valence-corrected chi connectivity index (χ1v) is 4.62. The molecule has 2 atom stereocenters. The van der Waals surface area contributed by atoms with Crippen LogP contribution in [0.3, 0.4) is 0 Å². The molecule has 11 heavy (non-hydrogen) atoms. The summed E-state index contributed by atoms with van der Waals surface area (Å²) in [4.78, 5) is 0. The minimum absolute atomic E-state index is 0.238. The average molecular weight is 152 g/mol. The van der Waals surface area contributed by atoms with Crippen molar-refractivity contribution in [3.05, 3.63) is 12.7 Å². The first-order valence-electron chi connectivity index (χ1n) is 4.62. The molecule has 1 nitrogen and oxygen atoms in total. The number of hydrogen-bond acceptors (Lipinski definition) is 1. The third-order valence-electron chi connectivity index (χ3n) is 3.24. The predicted molar refractivity (Wildman–Crippen MR) is 45.5 cm³/mol. The fourth-order valence-electron chi connectivity index (χ4n) is 2.69. The maximum Gasteiger partial charge on any atom is 0.0745 e. The third kappa shape index (κ3) is 1.02. The van der Waals surface area contributed by atoms with Gasteiger partial charge in [0.1, 0.15) is 0 Å². The Kier molecular flexibility index (Phi) is 1.76. The highest BCUT2D eigenvalue weighted by Crippen LogP contribution is 2.47. The molecule has 0 N–H and O–H groups in total. The Balaban J connectivity index is 2.13. The van der Waals surface area contributed by atoms with Gasteiger partial charge in [0.15, 0.2) is 0 Å². The zero-order valence-corrected chi connectivity index (χ0v) is 7.01. The molecule has 0 bridgehead atoms. The highest BCUT2D eigenvalue weighted by Gasteiger charge is 2.46. The highest BCUT2D eigenvalue weighted by molar-refractivity contribution is 5.00. The summed E-state index contributed by atoms with van der Waals surface area (Å²) < 4.78 is 5.83. The van der Waals surface area contributed by atoms with Gasteiger partial charge < -0.3 is 4.74 Å². The molecule has 1 saturated heterocycles. The van der Waals surface area contributed by atoms with Crippen LogP contribution in [0.2, 0.25) is 0 Å². The maximum absolute atomic E-state index is 5.83. The van der Waals surface area contributed by atoms with Gasteiger partial charge in [-0.1, -0.05) is 12.5 Å². The van der Waals surface area contributed by atoms with Crippen LogP contribution in [0, 0.1) is 5.92 Å². The summed E-state index contributed by atoms with van der Waals surface area (Å²) in [6, 6.07) is 0. The van der Waals surface area contributed by atoms with E-state index in [9.17, 15) is 0 Å². The fraction of sp³-hybridized carbons (Fsp3) is 0.800. The van der Waals surface area contributed by atoms with E-state index in [0.717, 1.165) is 18.9 Å². The van der Waals surface area contributed by atoms with E-state index in [0.29, 0.717) is 0 Å². The zero-order valence-electron chi connectivity index (χ0n) is 7.01. The summed E-state index contributed by atoms with van der Waals surface area (Å²) in [5.41, 5.74) is 0.238. The van der Waals surface area contributed by atoms with Crippen LogP contribution in [0.4, 0.5) is 0 Å². The molecule has 2 fully saturated rings. The number of ether oxygens (including phenoxy) is 1. The first kappa shape index (κ1) is 7.35. The fourth-order valence-corrected chi connectivity index (χ4v) is 2.69. The Morgan fingerprint density at radius 2 is 2.45 bits per heavy atom. The zero-order chi connectivity index (χ0) is 7.73. The maximum atomic E-state index is 5.83. The lowest BCUT2D eigenvalue weighted by molar-refractivity contribution is -0.00547. The van der Waals surface area contributed by atoms with E-state index in [1.807, 2.05) is 6.08 Å². The van der Waals surface area contributed by atoms with E-state index in [2.05, 4.69) is 6.58 Å². The number of fused-ring (bicyclic) bond motifs is 1. The second-order valence-electron chi connectivity index (χ2n) is 3.78. The summed E-state index contributed by atoms with van der Waals surface area (Å²) in [5, 5.41) is 0. The lowest BCUT2D eigenvalue weighted by Crippen LogP contribution is -2.29. The molecule has 0 amide bonds. The molecule has 1 aliphatic heterocycles. The molecule has 2 unspecified atom stereocenters. The summed E-state index contributed by atoms with van der Waals surface area (Å²) in [6.07, 6.45) is 8.38. The lowest BCUT2D eigenvalue weighted by Gasteiger charge is -2.26. The molecule has 1 saturated carbocycles. The Bertz CT molecular complexity index is 152. The van der Waals surface area contributed by atoms with Crippen LogP contribution in [0.1, 0.15) is 32.1 Å². The third-order valence-corrected chi connectivity index (χ3v) is 3.24. The van der Waals surface area contributed by atoms with Crippen LogP contribution in [0.15, 0.2) is 12.7 Å². The van der Waals surface area contributed by atoms with Gasteiger partial charge in [0.25, 0.3) is 0 Å². The standard InChI is InChI=1S/C10H16O/c1-2-6-10-7-3-4-9(10)5-8-11-10/h2,9H,1,3-8H2. The van der Waals surface area contributed by atoms with E-state index in [1.54, 1.807) is 0 Å². The molecule has 0 radical (unpaired) electrons. The van der Waals surface area contributed by atoms with Gasteiger partial charge in [-0.25, -0.2) is 0 Å². The lowest BCUT2D eigenvalue weighted by atomic mass is 9.88. The molecule has 1 heteroatoms. The van der Waals surface area contributed by atoms with Gasteiger partial charge in [-0.3, -0.25) is 0 Å². The Morgan fingerprint density at radius 3 is 3.27 bits per heavy atom. The van der Waals surface area contributed by atoms with Crippen LogP contribution in [-0.4, -0.2) is 12.2 Å². The molecule has 0 aromatic carbocycles. The molecule has 0 aromatic rings. The first-order chi connectivity index (χ1) is 5.37. The Hall–Kier alpha value is -0.300. The Labute approximate surface area is 68.4 Å². The SMILES string of the molecule is C=CCC12CCCC1CCO2. The van der Waals surface area contributed by atoms with Crippen LogP contribution < -0.4 is 0 Å². The summed E-state index contributed by atoms with van der Waals surface area (Å²) in [5.74, 6) is 0.848. The van der Waals surface area contributed by atoms with Crippen molar-refractivity contribution in [2.45, 2.75) is 37.7 Å². The molecule has 0 aromatic heterocycles. The van der Waals surface area contributed by atoms with Gasteiger partial charge in [0.05, 0.1) is 5.60 Å². The van der Waals surface area contributed by atoms with Crippen molar-refractivity contribution in [1.82, 2.24) is 0 Å². The quantitative estimate of drug-likeness (QED) is 0.552. The summed E-state index contributed by atoms with van der Waals surface area (Å²) in [7, 11) is 0. The van der Waals surface area contributed by atoms with Crippen molar-refractivity contribution >= 4 is 0 Å². The molecule has 1 heterocycles. The van der Waals surface area contributed by atoms with Gasteiger partial charge in [-0.15, -0.1) is 6.58 Å². The van der Waals surface area contributed by atoms with E-state index < -0.39 is 0 Å². The van der Waals surface area contributed by atoms with Gasteiger partial charge >= 0.3 is 0 Å². The molecular formula is C10H16O. The van der Waals surface area contributed by atoms with Crippen molar-refractivity contribution in [3.63, 3.8) is 0 Å². The molecule has 2 rings (SSSR count). The van der Waals surface area contributed by atoms with Gasteiger partial charge in [0.2, 0.25) is 0 Å². The average Bonchev–Trinajstić information content (AvgIpc) is 2.45. The van der Waals surface area contributed by atoms with E-state index in [-0.39, 0.29) is 5.60 Å². The van der Waals surface area contributed by atoms with Crippen molar-refractivity contribution in [2.75, 3.05) is 6.61 Å². The topological polar surface area (TPSA) is 9.23 Å². The van der Waals surface area contributed by atoms with Crippen molar-refractivity contribution < 1.29 is 4.74 Å². The van der Waals surface area contributed by atoms with Crippen LogP contribution in [0.5, 0.6) is 0 Å². The molecular weight excluding hydrogens is 136 g/mol. The van der Waals surface area contributed by atoms with Crippen molar-refractivity contribution in [3.8, 4) is 0 Å². The molecule has 1 aliphatic carbocycles. The van der Waals surface area contributed by atoms with Gasteiger partial charge in [0, 0.05) is 6.61 Å². The summed E-state index contributed by atoms with van der Waals surface area (Å²) in [6.45, 7) is 4.78.